The Kier molecular flexibility index (Phi) is 5.43. The molecule has 2 aromatic heterocycles. The Morgan fingerprint density at radius 1 is 1.00 bits per heavy atom. The first-order valence-corrected chi connectivity index (χ1v) is 12.0. The van der Waals surface area contributed by atoms with Crippen LogP contribution in [0.1, 0.15) is 47.0 Å². The lowest BCUT2D eigenvalue weighted by atomic mass is 9.94. The molecule has 1 aliphatic heterocycles. The van der Waals surface area contributed by atoms with Crippen LogP contribution in [0.5, 0.6) is 0 Å². The van der Waals surface area contributed by atoms with Crippen LogP contribution in [0.2, 0.25) is 0 Å². The van der Waals surface area contributed by atoms with Crippen LogP contribution in [0, 0.1) is 13.8 Å². The van der Waals surface area contributed by atoms with E-state index in [-0.39, 0.29) is 5.97 Å². The van der Waals surface area contributed by atoms with Gasteiger partial charge in [0.05, 0.1) is 18.0 Å². The molecule has 0 amide bonds. The monoisotopic (exact) mass is 442 g/mol. The van der Waals surface area contributed by atoms with Crippen molar-refractivity contribution in [3.63, 3.8) is 0 Å². The number of nitrogens with zero attached hydrogens (tertiary/aromatic N) is 1. The number of anilines is 2. The molecule has 1 aliphatic rings. The first kappa shape index (κ1) is 20.7. The first-order valence-electron chi connectivity index (χ1n) is 11.1. The quantitative estimate of drug-likeness (QED) is 0.217. The minimum absolute atomic E-state index is 0.273. The summed E-state index contributed by atoms with van der Waals surface area (Å²) in [6.45, 7) is 6.75. The molecule has 0 fully saturated rings. The number of ether oxygens (including phenoxy) is 1. The van der Waals surface area contributed by atoms with E-state index in [9.17, 15) is 4.79 Å². The molecule has 0 saturated heterocycles. The number of hydrogen-bond acceptors (Lipinski definition) is 5. The number of aromatic nitrogens is 1. The molecule has 32 heavy (non-hydrogen) atoms. The summed E-state index contributed by atoms with van der Waals surface area (Å²) < 4.78 is 5.61. The van der Waals surface area contributed by atoms with Gasteiger partial charge in [-0.25, -0.2) is 9.78 Å². The molecule has 4 aromatic rings. The van der Waals surface area contributed by atoms with Gasteiger partial charge in [-0.15, -0.1) is 11.3 Å². The van der Waals surface area contributed by atoms with E-state index in [1.165, 1.54) is 22.5 Å². The van der Waals surface area contributed by atoms with Crippen LogP contribution < -0.4 is 5.32 Å². The number of esters is 1. The Hall–Kier alpha value is -3.18. The lowest BCUT2D eigenvalue weighted by molar-refractivity contribution is 0.0505. The second-order valence-electron chi connectivity index (χ2n) is 8.42. The van der Waals surface area contributed by atoms with Crippen LogP contribution in [0.25, 0.3) is 32.6 Å². The van der Waals surface area contributed by atoms with E-state index in [4.69, 9.17) is 9.72 Å². The number of nitrogens with one attached hydrogen (secondary N) is 1. The summed E-state index contributed by atoms with van der Waals surface area (Å²) in [6.07, 6.45) is 3.04. The van der Waals surface area contributed by atoms with E-state index in [0.29, 0.717) is 11.5 Å². The number of carbonyl (C=O) groups excluding carboxylic acids is 1. The molecule has 0 radical (unpaired) electrons. The van der Waals surface area contributed by atoms with Crippen LogP contribution in [-0.4, -0.2) is 17.6 Å². The number of thiophene rings is 1. The van der Waals surface area contributed by atoms with Crippen molar-refractivity contribution >= 4 is 38.9 Å². The average Bonchev–Trinajstić information content (AvgIpc) is 3.16. The zero-order valence-electron chi connectivity index (χ0n) is 18.6. The van der Waals surface area contributed by atoms with Crippen LogP contribution in [0.3, 0.4) is 0 Å². The highest BCUT2D eigenvalue weighted by atomic mass is 32.1. The van der Waals surface area contributed by atoms with Crippen LogP contribution in [0.15, 0.2) is 48.5 Å². The Bertz CT molecular complexity index is 1320. The summed E-state index contributed by atoms with van der Waals surface area (Å²) in [5.74, 6) is -0.273. The van der Waals surface area contributed by atoms with Crippen LogP contribution >= 0.6 is 11.3 Å². The van der Waals surface area contributed by atoms with Crippen molar-refractivity contribution in [3.8, 4) is 22.4 Å². The van der Waals surface area contributed by atoms with Crippen LogP contribution in [-0.2, 0) is 4.74 Å². The fourth-order valence-corrected chi connectivity index (χ4v) is 5.21. The third-order valence-electron chi connectivity index (χ3n) is 5.90. The van der Waals surface area contributed by atoms with Crippen molar-refractivity contribution in [1.82, 2.24) is 4.98 Å². The predicted octanol–water partition coefficient (Wildman–Crippen LogP) is 7.65. The molecule has 0 atom stereocenters. The van der Waals surface area contributed by atoms with Crippen molar-refractivity contribution in [2.45, 2.75) is 40.0 Å². The smallest absolute Gasteiger partial charge is 0.350 e. The molecule has 0 unspecified atom stereocenters. The summed E-state index contributed by atoms with van der Waals surface area (Å²) in [7, 11) is 0. The number of fused-ring (bicyclic) bond motifs is 2. The normalized spacial score (nSPS) is 11.8. The Labute approximate surface area is 192 Å². The second kappa shape index (κ2) is 8.40. The molecule has 0 spiro atoms. The first-order chi connectivity index (χ1) is 15.5. The lowest BCUT2D eigenvalue weighted by Gasteiger charge is -2.21. The SMILES string of the molecule is CCCCCOC(=O)c1sc2nc(-c3ccc(C)cc3)cc3c2c1Nc1cc(C)ccc1-3. The zero-order chi connectivity index (χ0) is 22.2. The molecule has 4 nitrogen and oxygen atoms in total. The maximum absolute atomic E-state index is 13.0. The zero-order valence-corrected chi connectivity index (χ0v) is 19.4. The highest BCUT2D eigenvalue weighted by Gasteiger charge is 2.28. The largest absolute Gasteiger partial charge is 0.461 e. The van der Waals surface area contributed by atoms with Crippen molar-refractivity contribution < 1.29 is 9.53 Å². The molecule has 0 aliphatic carbocycles. The molecule has 3 heterocycles. The van der Waals surface area contributed by atoms with E-state index in [1.807, 2.05) is 0 Å². The van der Waals surface area contributed by atoms with Gasteiger partial charge < -0.3 is 10.1 Å². The van der Waals surface area contributed by atoms with Gasteiger partial charge >= 0.3 is 5.97 Å². The fourth-order valence-electron chi connectivity index (χ4n) is 4.16. The molecule has 5 heteroatoms. The van der Waals surface area contributed by atoms with Crippen molar-refractivity contribution in [2.24, 2.45) is 0 Å². The highest BCUT2D eigenvalue weighted by molar-refractivity contribution is 7.21. The van der Waals surface area contributed by atoms with Gasteiger partial charge in [-0.1, -0.05) is 61.7 Å². The Balaban J connectivity index is 1.66. The van der Waals surface area contributed by atoms with Gasteiger partial charge in [0.25, 0.3) is 0 Å². The van der Waals surface area contributed by atoms with Gasteiger partial charge in [-0.2, -0.15) is 0 Å². The van der Waals surface area contributed by atoms with Gasteiger partial charge in [-0.05, 0) is 43.5 Å². The number of unbranched alkanes of at least 4 members (excludes halogenated alkanes) is 2. The standard InChI is InChI=1S/C27H26N2O2S/c1-4-5-6-13-31-27(30)25-24-23-20(19-12-9-17(3)14-22(19)28-24)15-21(29-26(23)32-25)18-10-7-16(2)8-11-18/h7-12,14-15,28H,4-6,13H2,1-3H3. The summed E-state index contributed by atoms with van der Waals surface area (Å²) in [4.78, 5) is 19.4. The molecule has 0 saturated carbocycles. The average molecular weight is 443 g/mol. The number of aryl methyl sites for hydroxylation is 2. The Morgan fingerprint density at radius 3 is 2.56 bits per heavy atom. The van der Waals surface area contributed by atoms with Gasteiger partial charge in [0, 0.05) is 22.2 Å². The molecule has 5 rings (SSSR count). The van der Waals surface area contributed by atoms with E-state index in [0.717, 1.165) is 63.2 Å². The van der Waals surface area contributed by atoms with E-state index >= 15 is 0 Å². The second-order valence-corrected chi connectivity index (χ2v) is 9.42. The van der Waals surface area contributed by atoms with E-state index in [2.05, 4.69) is 74.6 Å². The molecule has 0 bridgehead atoms. The van der Waals surface area contributed by atoms with Gasteiger partial charge in [0.2, 0.25) is 0 Å². The van der Waals surface area contributed by atoms with Gasteiger partial charge in [-0.3, -0.25) is 0 Å². The molecular weight excluding hydrogens is 416 g/mol. The van der Waals surface area contributed by atoms with Gasteiger partial charge in [0.15, 0.2) is 0 Å². The fraction of sp³-hybridized carbons (Fsp3) is 0.259. The Morgan fingerprint density at radius 2 is 1.78 bits per heavy atom. The van der Waals surface area contributed by atoms with Crippen molar-refractivity contribution in [1.29, 1.82) is 0 Å². The number of pyridine rings is 1. The third kappa shape index (κ3) is 3.67. The number of carbonyl (C=O) groups is 1. The van der Waals surface area contributed by atoms with Gasteiger partial charge in [0.1, 0.15) is 9.71 Å². The summed E-state index contributed by atoms with van der Waals surface area (Å²) in [5, 5.41) is 4.52. The maximum Gasteiger partial charge on any atom is 0.350 e. The topological polar surface area (TPSA) is 51.2 Å². The third-order valence-corrected chi connectivity index (χ3v) is 6.96. The lowest BCUT2D eigenvalue weighted by Crippen LogP contribution is -2.08. The minimum atomic E-state index is -0.273. The molecule has 1 N–H and O–H groups in total. The maximum atomic E-state index is 13.0. The number of hydrogen-bond donors (Lipinski definition) is 1. The van der Waals surface area contributed by atoms with E-state index in [1.54, 1.807) is 0 Å². The summed E-state index contributed by atoms with van der Waals surface area (Å²) in [5.41, 5.74) is 8.44. The number of benzene rings is 2. The minimum Gasteiger partial charge on any atom is -0.461 e. The van der Waals surface area contributed by atoms with Crippen LogP contribution in [0.4, 0.5) is 11.4 Å². The van der Waals surface area contributed by atoms with E-state index < -0.39 is 0 Å². The van der Waals surface area contributed by atoms with Crippen molar-refractivity contribution in [3.05, 3.63) is 64.5 Å². The number of rotatable bonds is 6. The molecule has 2 aromatic carbocycles. The predicted molar refractivity (Wildman–Crippen MR) is 133 cm³/mol. The molecular formula is C27H26N2O2S. The van der Waals surface area contributed by atoms with Crippen molar-refractivity contribution in [2.75, 3.05) is 11.9 Å². The summed E-state index contributed by atoms with van der Waals surface area (Å²) in [6, 6.07) is 17.0. The summed E-state index contributed by atoms with van der Waals surface area (Å²) >= 11 is 1.41. The molecule has 162 valence electrons. The highest BCUT2D eigenvalue weighted by Crippen LogP contribution is 2.49.